The lowest BCUT2D eigenvalue weighted by Crippen LogP contribution is -2.36. The molecule has 1 fully saturated rings. The molecular weight excluding hydrogens is 238 g/mol. The van der Waals surface area contributed by atoms with Gasteiger partial charge in [-0.2, -0.15) is 0 Å². The van der Waals surface area contributed by atoms with Crippen molar-refractivity contribution >= 4 is 17.4 Å². The van der Waals surface area contributed by atoms with Gasteiger partial charge in [0.25, 0.3) is 0 Å². The van der Waals surface area contributed by atoms with Gasteiger partial charge in [-0.25, -0.2) is 0 Å². The van der Waals surface area contributed by atoms with Crippen molar-refractivity contribution in [3.8, 4) is 0 Å². The lowest BCUT2D eigenvalue weighted by Gasteiger charge is -2.40. The molecular formula is C16H25NS. The summed E-state index contributed by atoms with van der Waals surface area (Å²) in [4.78, 5) is 1.34. The quantitative estimate of drug-likeness (QED) is 0.767. The Morgan fingerprint density at radius 2 is 2.11 bits per heavy atom. The lowest BCUT2D eigenvalue weighted by molar-refractivity contribution is 0.177. The van der Waals surface area contributed by atoms with Crippen molar-refractivity contribution in [2.24, 2.45) is 11.3 Å². The van der Waals surface area contributed by atoms with Crippen LogP contribution in [0.3, 0.4) is 0 Å². The summed E-state index contributed by atoms with van der Waals surface area (Å²) in [5.74, 6) is 0.756. The van der Waals surface area contributed by atoms with E-state index in [4.69, 9.17) is 0 Å². The van der Waals surface area contributed by atoms with E-state index in [-0.39, 0.29) is 0 Å². The molecule has 2 rings (SSSR count). The van der Waals surface area contributed by atoms with E-state index < -0.39 is 0 Å². The highest BCUT2D eigenvalue weighted by Crippen LogP contribution is 2.39. The summed E-state index contributed by atoms with van der Waals surface area (Å²) in [6, 6.07) is 9.40. The first-order chi connectivity index (χ1) is 8.50. The maximum atomic E-state index is 3.73. The second-order valence-electron chi connectivity index (χ2n) is 6.37. The number of hydrogen-bond acceptors (Lipinski definition) is 2. The summed E-state index contributed by atoms with van der Waals surface area (Å²) >= 11 is 1.81. The van der Waals surface area contributed by atoms with Gasteiger partial charge in [0.15, 0.2) is 0 Å². The number of nitrogens with one attached hydrogen (secondary N) is 1. The topological polar surface area (TPSA) is 12.0 Å². The van der Waals surface area contributed by atoms with Crippen LogP contribution >= 0.6 is 11.8 Å². The zero-order valence-electron chi connectivity index (χ0n) is 12.0. The summed E-state index contributed by atoms with van der Waals surface area (Å²) in [7, 11) is 0. The molecule has 0 saturated heterocycles. The third-order valence-electron chi connectivity index (χ3n) is 4.12. The number of hydrogen-bond donors (Lipinski definition) is 1. The Bertz CT molecular complexity index is 400. The number of rotatable bonds is 3. The van der Waals surface area contributed by atoms with E-state index in [0.717, 1.165) is 5.92 Å². The van der Waals surface area contributed by atoms with E-state index in [1.807, 2.05) is 0 Å². The molecule has 2 unspecified atom stereocenters. The van der Waals surface area contributed by atoms with Crippen LogP contribution in [-0.2, 0) is 0 Å². The largest absolute Gasteiger partial charge is 0.382 e. The van der Waals surface area contributed by atoms with Gasteiger partial charge in [0.1, 0.15) is 0 Å². The Balaban J connectivity index is 2.01. The standard InChI is InChI=1S/C16H25NS/c1-12-11-16(2,3)9-8-15(12)17-13-6-5-7-14(10-13)18-4/h5-7,10,12,15,17H,8-9,11H2,1-4H3. The Morgan fingerprint density at radius 1 is 1.33 bits per heavy atom. The lowest BCUT2D eigenvalue weighted by atomic mass is 9.70. The molecule has 0 aliphatic heterocycles. The van der Waals surface area contributed by atoms with Crippen molar-refractivity contribution in [1.29, 1.82) is 0 Å². The van der Waals surface area contributed by atoms with Gasteiger partial charge in [-0.15, -0.1) is 11.8 Å². The summed E-state index contributed by atoms with van der Waals surface area (Å²) in [5.41, 5.74) is 1.80. The van der Waals surface area contributed by atoms with Crippen molar-refractivity contribution < 1.29 is 0 Å². The fourth-order valence-electron chi connectivity index (χ4n) is 3.09. The maximum Gasteiger partial charge on any atom is 0.0353 e. The van der Waals surface area contributed by atoms with E-state index in [1.54, 1.807) is 11.8 Å². The molecule has 0 heterocycles. The normalized spacial score (nSPS) is 26.9. The molecule has 1 aromatic carbocycles. The van der Waals surface area contributed by atoms with Crippen LogP contribution in [0.15, 0.2) is 29.2 Å². The monoisotopic (exact) mass is 263 g/mol. The van der Waals surface area contributed by atoms with Crippen molar-refractivity contribution in [3.63, 3.8) is 0 Å². The fraction of sp³-hybridized carbons (Fsp3) is 0.625. The average Bonchev–Trinajstić information content (AvgIpc) is 2.32. The van der Waals surface area contributed by atoms with Gasteiger partial charge in [0, 0.05) is 16.6 Å². The van der Waals surface area contributed by atoms with Crippen LogP contribution in [0.5, 0.6) is 0 Å². The fourth-order valence-corrected chi connectivity index (χ4v) is 3.55. The number of thioether (sulfide) groups is 1. The van der Waals surface area contributed by atoms with Crippen LogP contribution in [0.4, 0.5) is 5.69 Å². The van der Waals surface area contributed by atoms with Crippen molar-refractivity contribution in [2.75, 3.05) is 11.6 Å². The average molecular weight is 263 g/mol. The van der Waals surface area contributed by atoms with Gasteiger partial charge in [0.2, 0.25) is 0 Å². The Morgan fingerprint density at radius 3 is 2.78 bits per heavy atom. The van der Waals surface area contributed by atoms with Crippen LogP contribution in [-0.4, -0.2) is 12.3 Å². The molecule has 1 aromatic rings. The molecule has 0 bridgehead atoms. The van der Waals surface area contributed by atoms with Crippen molar-refractivity contribution in [1.82, 2.24) is 0 Å². The van der Waals surface area contributed by atoms with Gasteiger partial charge in [-0.05, 0) is 55.1 Å². The molecule has 0 aromatic heterocycles. The molecule has 100 valence electrons. The summed E-state index contributed by atoms with van der Waals surface area (Å²) in [6.07, 6.45) is 6.08. The summed E-state index contributed by atoms with van der Waals surface area (Å²) < 4.78 is 0. The summed E-state index contributed by atoms with van der Waals surface area (Å²) in [5, 5.41) is 3.73. The molecule has 1 saturated carbocycles. The second-order valence-corrected chi connectivity index (χ2v) is 7.25. The first-order valence-electron chi connectivity index (χ1n) is 6.91. The van der Waals surface area contributed by atoms with E-state index in [0.29, 0.717) is 11.5 Å². The molecule has 1 aliphatic carbocycles. The van der Waals surface area contributed by atoms with Gasteiger partial charge in [0.05, 0.1) is 0 Å². The first-order valence-corrected chi connectivity index (χ1v) is 8.13. The SMILES string of the molecule is CSc1cccc(NC2CCC(C)(C)CC2C)c1. The van der Waals surface area contributed by atoms with Gasteiger partial charge >= 0.3 is 0 Å². The zero-order chi connectivity index (χ0) is 13.2. The van der Waals surface area contributed by atoms with Crippen molar-refractivity contribution in [2.45, 2.75) is 51.0 Å². The van der Waals surface area contributed by atoms with E-state index in [1.165, 1.54) is 29.8 Å². The molecule has 0 radical (unpaired) electrons. The van der Waals surface area contributed by atoms with Gasteiger partial charge in [-0.3, -0.25) is 0 Å². The first kappa shape index (κ1) is 13.8. The molecule has 0 amide bonds. The molecule has 2 atom stereocenters. The smallest absolute Gasteiger partial charge is 0.0353 e. The minimum absolute atomic E-state index is 0.527. The number of benzene rings is 1. The molecule has 2 heteroatoms. The third-order valence-corrected chi connectivity index (χ3v) is 4.84. The predicted molar refractivity (Wildman–Crippen MR) is 82.4 cm³/mol. The third kappa shape index (κ3) is 3.44. The molecule has 18 heavy (non-hydrogen) atoms. The van der Waals surface area contributed by atoms with Gasteiger partial charge in [-0.1, -0.05) is 26.8 Å². The predicted octanol–water partition coefficient (Wildman–Crippen LogP) is 5.04. The van der Waals surface area contributed by atoms with Crippen LogP contribution in [0.2, 0.25) is 0 Å². The minimum Gasteiger partial charge on any atom is -0.382 e. The molecule has 1 aliphatic rings. The minimum atomic E-state index is 0.527. The van der Waals surface area contributed by atoms with Crippen LogP contribution in [0.1, 0.15) is 40.0 Å². The maximum absolute atomic E-state index is 3.73. The summed E-state index contributed by atoms with van der Waals surface area (Å²) in [6.45, 7) is 7.18. The molecule has 0 spiro atoms. The van der Waals surface area contributed by atoms with E-state index in [9.17, 15) is 0 Å². The van der Waals surface area contributed by atoms with Crippen molar-refractivity contribution in [3.05, 3.63) is 24.3 Å². The number of anilines is 1. The van der Waals surface area contributed by atoms with Crippen LogP contribution in [0.25, 0.3) is 0 Å². The highest BCUT2D eigenvalue weighted by Gasteiger charge is 2.32. The van der Waals surface area contributed by atoms with Crippen LogP contribution < -0.4 is 5.32 Å². The molecule has 1 nitrogen and oxygen atoms in total. The Hall–Kier alpha value is -0.630. The van der Waals surface area contributed by atoms with Crippen LogP contribution in [0, 0.1) is 11.3 Å². The molecule has 1 N–H and O–H groups in total. The highest BCUT2D eigenvalue weighted by atomic mass is 32.2. The van der Waals surface area contributed by atoms with E-state index in [2.05, 4.69) is 56.6 Å². The Labute approximate surface area is 116 Å². The van der Waals surface area contributed by atoms with E-state index >= 15 is 0 Å². The zero-order valence-corrected chi connectivity index (χ0v) is 12.8. The van der Waals surface area contributed by atoms with Gasteiger partial charge < -0.3 is 5.32 Å². The second kappa shape index (κ2) is 5.56. The Kier molecular flexibility index (Phi) is 4.26. The highest BCUT2D eigenvalue weighted by molar-refractivity contribution is 7.98.